The number of aromatic nitrogens is 1. The molecule has 7 heteroatoms. The summed E-state index contributed by atoms with van der Waals surface area (Å²) in [6.07, 6.45) is 1.60. The second-order valence-corrected chi connectivity index (χ2v) is 10.4. The lowest BCUT2D eigenvalue weighted by molar-refractivity contribution is 0.0747. The van der Waals surface area contributed by atoms with Gasteiger partial charge in [-0.15, -0.1) is 0 Å². The quantitative estimate of drug-likeness (QED) is 0.437. The maximum Gasteiger partial charge on any atom is 0.253 e. The van der Waals surface area contributed by atoms with E-state index in [0.29, 0.717) is 29.7 Å². The minimum atomic E-state index is -3.59. The first-order chi connectivity index (χ1) is 16.5. The SMILES string of the molecule is O=C(c1ccc(CS(=O)(=O)c2cccc3cccnc23)cc1)N1CCN(c2ccccc2)CC1. The van der Waals surface area contributed by atoms with Gasteiger partial charge in [-0.05, 0) is 42.0 Å². The van der Waals surface area contributed by atoms with Gasteiger partial charge in [-0.3, -0.25) is 9.78 Å². The van der Waals surface area contributed by atoms with Gasteiger partial charge in [0, 0.05) is 49.0 Å². The van der Waals surface area contributed by atoms with Crippen molar-refractivity contribution in [2.75, 3.05) is 31.1 Å². The van der Waals surface area contributed by atoms with Crippen molar-refractivity contribution in [2.45, 2.75) is 10.6 Å². The Hall–Kier alpha value is -3.71. The van der Waals surface area contributed by atoms with Crippen molar-refractivity contribution in [1.29, 1.82) is 0 Å². The molecule has 1 fully saturated rings. The fraction of sp³-hybridized carbons (Fsp3) is 0.185. The lowest BCUT2D eigenvalue weighted by atomic mass is 10.1. The first-order valence-corrected chi connectivity index (χ1v) is 12.9. The van der Waals surface area contributed by atoms with Crippen LogP contribution in [0.3, 0.4) is 0 Å². The van der Waals surface area contributed by atoms with Crippen LogP contribution in [-0.2, 0) is 15.6 Å². The summed E-state index contributed by atoms with van der Waals surface area (Å²) in [5.74, 6) is -0.173. The normalized spacial score (nSPS) is 14.4. The molecule has 1 aliphatic heterocycles. The van der Waals surface area contributed by atoms with Crippen molar-refractivity contribution in [2.24, 2.45) is 0 Å². The van der Waals surface area contributed by atoms with Crippen LogP contribution in [0, 0.1) is 0 Å². The van der Waals surface area contributed by atoms with E-state index >= 15 is 0 Å². The summed E-state index contributed by atoms with van der Waals surface area (Å²) < 4.78 is 26.2. The average Bonchev–Trinajstić information content (AvgIpc) is 2.89. The largest absolute Gasteiger partial charge is 0.368 e. The third-order valence-electron chi connectivity index (χ3n) is 6.18. The number of carbonyl (C=O) groups excluding carboxylic acids is 1. The van der Waals surface area contributed by atoms with Crippen LogP contribution < -0.4 is 4.90 Å². The highest BCUT2D eigenvalue weighted by atomic mass is 32.2. The molecule has 34 heavy (non-hydrogen) atoms. The lowest BCUT2D eigenvalue weighted by Crippen LogP contribution is -2.48. The average molecular weight is 472 g/mol. The van der Waals surface area contributed by atoms with E-state index in [-0.39, 0.29) is 16.6 Å². The van der Waals surface area contributed by atoms with Gasteiger partial charge in [-0.1, -0.05) is 48.5 Å². The fourth-order valence-corrected chi connectivity index (χ4v) is 5.89. The van der Waals surface area contributed by atoms with E-state index in [0.717, 1.165) is 18.5 Å². The maximum absolute atomic E-state index is 13.1. The molecule has 1 aliphatic rings. The van der Waals surface area contributed by atoms with E-state index in [1.54, 1.807) is 48.7 Å². The number of rotatable bonds is 5. The van der Waals surface area contributed by atoms with Crippen LogP contribution in [0.5, 0.6) is 0 Å². The molecular weight excluding hydrogens is 446 g/mol. The second kappa shape index (κ2) is 9.27. The van der Waals surface area contributed by atoms with Gasteiger partial charge >= 0.3 is 0 Å². The van der Waals surface area contributed by atoms with E-state index in [1.807, 2.05) is 35.2 Å². The Kier molecular flexibility index (Phi) is 6.02. The first-order valence-electron chi connectivity index (χ1n) is 11.3. The van der Waals surface area contributed by atoms with Gasteiger partial charge in [0.2, 0.25) is 0 Å². The molecule has 0 saturated carbocycles. The van der Waals surface area contributed by atoms with Crippen LogP contribution in [0.15, 0.2) is 96.0 Å². The molecule has 1 saturated heterocycles. The number of piperazine rings is 1. The number of nitrogens with zero attached hydrogens (tertiary/aromatic N) is 3. The molecule has 0 unspecified atom stereocenters. The molecule has 3 aromatic carbocycles. The molecule has 0 bridgehead atoms. The Morgan fingerprint density at radius 1 is 0.794 bits per heavy atom. The molecule has 0 N–H and O–H groups in total. The number of benzene rings is 3. The zero-order valence-corrected chi connectivity index (χ0v) is 19.5. The van der Waals surface area contributed by atoms with E-state index in [2.05, 4.69) is 22.0 Å². The molecule has 1 aromatic heterocycles. The van der Waals surface area contributed by atoms with Gasteiger partial charge in [0.15, 0.2) is 9.84 Å². The van der Waals surface area contributed by atoms with Crippen LogP contribution >= 0.6 is 0 Å². The zero-order valence-electron chi connectivity index (χ0n) is 18.7. The highest BCUT2D eigenvalue weighted by molar-refractivity contribution is 7.90. The smallest absolute Gasteiger partial charge is 0.253 e. The van der Waals surface area contributed by atoms with Gasteiger partial charge in [-0.2, -0.15) is 0 Å². The van der Waals surface area contributed by atoms with E-state index < -0.39 is 9.84 Å². The number of anilines is 1. The number of carbonyl (C=O) groups is 1. The summed E-state index contributed by atoms with van der Waals surface area (Å²) >= 11 is 0. The molecule has 0 radical (unpaired) electrons. The van der Waals surface area contributed by atoms with Crippen molar-refractivity contribution in [3.8, 4) is 0 Å². The zero-order chi connectivity index (χ0) is 23.5. The molecule has 0 aliphatic carbocycles. The first kappa shape index (κ1) is 22.1. The van der Waals surface area contributed by atoms with Crippen molar-refractivity contribution >= 4 is 32.3 Å². The van der Waals surface area contributed by atoms with Crippen molar-refractivity contribution in [3.05, 3.63) is 102 Å². The van der Waals surface area contributed by atoms with Crippen molar-refractivity contribution in [3.63, 3.8) is 0 Å². The molecular formula is C27H25N3O3S. The molecule has 0 spiro atoms. The van der Waals surface area contributed by atoms with Crippen molar-refractivity contribution < 1.29 is 13.2 Å². The number of hydrogen-bond acceptors (Lipinski definition) is 5. The van der Waals surface area contributed by atoms with Crippen molar-refractivity contribution in [1.82, 2.24) is 9.88 Å². The summed E-state index contributed by atoms with van der Waals surface area (Å²) in [6.45, 7) is 2.87. The maximum atomic E-state index is 13.1. The summed E-state index contributed by atoms with van der Waals surface area (Å²) in [6, 6.07) is 25.9. The fourth-order valence-electron chi connectivity index (χ4n) is 4.36. The molecule has 2 heterocycles. The molecule has 5 rings (SSSR count). The number of para-hydroxylation sites is 2. The van der Waals surface area contributed by atoms with Gasteiger partial charge < -0.3 is 9.80 Å². The minimum Gasteiger partial charge on any atom is -0.368 e. The van der Waals surface area contributed by atoms with Gasteiger partial charge in [-0.25, -0.2) is 8.42 Å². The van der Waals surface area contributed by atoms with Crippen LogP contribution in [0.4, 0.5) is 5.69 Å². The van der Waals surface area contributed by atoms with Crippen LogP contribution in [0.2, 0.25) is 0 Å². The van der Waals surface area contributed by atoms with E-state index in [9.17, 15) is 13.2 Å². The number of hydrogen-bond donors (Lipinski definition) is 0. The Labute approximate surface area is 199 Å². The predicted molar refractivity (Wildman–Crippen MR) is 134 cm³/mol. The third kappa shape index (κ3) is 4.52. The minimum absolute atomic E-state index is 0.0274. The third-order valence-corrected chi connectivity index (χ3v) is 7.89. The number of amides is 1. The lowest BCUT2D eigenvalue weighted by Gasteiger charge is -2.36. The highest BCUT2D eigenvalue weighted by Crippen LogP contribution is 2.24. The predicted octanol–water partition coefficient (Wildman–Crippen LogP) is 4.17. The molecule has 4 aromatic rings. The van der Waals surface area contributed by atoms with Gasteiger partial charge in [0.1, 0.15) is 0 Å². The monoisotopic (exact) mass is 471 g/mol. The van der Waals surface area contributed by atoms with Crippen LogP contribution in [0.1, 0.15) is 15.9 Å². The highest BCUT2D eigenvalue weighted by Gasteiger charge is 2.23. The van der Waals surface area contributed by atoms with Gasteiger partial charge in [0.05, 0.1) is 16.2 Å². The summed E-state index contributed by atoms with van der Waals surface area (Å²) in [5.41, 5.74) is 2.85. The Bertz CT molecular complexity index is 1410. The molecule has 172 valence electrons. The van der Waals surface area contributed by atoms with Crippen LogP contribution in [-0.4, -0.2) is 50.4 Å². The van der Waals surface area contributed by atoms with Gasteiger partial charge in [0.25, 0.3) is 5.91 Å². The number of pyridine rings is 1. The topological polar surface area (TPSA) is 70.6 Å². The summed E-state index contributed by atoms with van der Waals surface area (Å²) in [5, 5.41) is 0.789. The number of sulfone groups is 1. The Balaban J connectivity index is 1.26. The summed E-state index contributed by atoms with van der Waals surface area (Å²) in [7, 11) is -3.59. The Morgan fingerprint density at radius 3 is 2.24 bits per heavy atom. The number of fused-ring (bicyclic) bond motifs is 1. The molecule has 0 atom stereocenters. The summed E-state index contributed by atoms with van der Waals surface area (Å²) in [4.78, 5) is 21.6. The Morgan fingerprint density at radius 2 is 1.50 bits per heavy atom. The van der Waals surface area contributed by atoms with E-state index in [1.165, 1.54) is 5.69 Å². The van der Waals surface area contributed by atoms with Crippen LogP contribution in [0.25, 0.3) is 10.9 Å². The van der Waals surface area contributed by atoms with E-state index in [4.69, 9.17) is 0 Å². The molecule has 6 nitrogen and oxygen atoms in total. The standard InChI is InChI=1S/C27H25N3O3S/c31-27(30-18-16-29(17-19-30)24-8-2-1-3-9-24)23-13-11-21(12-14-23)20-34(32,33)25-10-4-6-22-7-5-15-28-26(22)25/h1-15H,16-20H2. The molecule has 1 amide bonds. The second-order valence-electron chi connectivity index (χ2n) is 8.40.